The molecule has 0 aliphatic rings. The molecule has 2 aromatic rings. The summed E-state index contributed by atoms with van der Waals surface area (Å²) in [6.07, 6.45) is 1.57. The van der Waals surface area contributed by atoms with E-state index in [1.807, 2.05) is 0 Å². The number of phenols is 1. The van der Waals surface area contributed by atoms with Crippen molar-refractivity contribution in [2.45, 2.75) is 0 Å². The largest absolute Gasteiger partial charge is 0.507 e. The highest BCUT2D eigenvalue weighted by molar-refractivity contribution is 6.05. The number of ether oxygens (including phenoxy) is 1. The van der Waals surface area contributed by atoms with Gasteiger partial charge in [0.2, 0.25) is 0 Å². The Morgan fingerprint density at radius 2 is 2.17 bits per heavy atom. The molecule has 0 bridgehead atoms. The van der Waals surface area contributed by atoms with Crippen LogP contribution in [-0.4, -0.2) is 23.1 Å². The maximum absolute atomic E-state index is 11.9. The first-order valence-electron chi connectivity index (χ1n) is 5.30. The van der Waals surface area contributed by atoms with Crippen LogP contribution in [0.4, 0.5) is 5.82 Å². The second kappa shape index (κ2) is 5.18. The van der Waals surface area contributed by atoms with Gasteiger partial charge in [0.15, 0.2) is 0 Å². The Bertz CT molecular complexity index is 555. The monoisotopic (exact) mass is 244 g/mol. The number of nitrogens with zero attached hydrogens (tertiary/aromatic N) is 1. The Labute approximate surface area is 104 Å². The molecule has 0 unspecified atom stereocenters. The van der Waals surface area contributed by atoms with Crippen molar-refractivity contribution in [3.05, 3.63) is 48.2 Å². The summed E-state index contributed by atoms with van der Waals surface area (Å²) in [5, 5.41) is 12.2. The van der Waals surface area contributed by atoms with Crippen LogP contribution in [0.15, 0.2) is 42.6 Å². The van der Waals surface area contributed by atoms with E-state index in [-0.39, 0.29) is 11.3 Å². The van der Waals surface area contributed by atoms with E-state index in [2.05, 4.69) is 10.3 Å². The fraction of sp³-hybridized carbons (Fsp3) is 0.0769. The van der Waals surface area contributed by atoms with Gasteiger partial charge in [0.25, 0.3) is 5.91 Å². The van der Waals surface area contributed by atoms with Crippen molar-refractivity contribution in [1.82, 2.24) is 4.98 Å². The summed E-state index contributed by atoms with van der Waals surface area (Å²) in [5.41, 5.74) is 0.139. The van der Waals surface area contributed by atoms with Crippen molar-refractivity contribution in [1.29, 1.82) is 0 Å². The molecule has 1 amide bonds. The van der Waals surface area contributed by atoms with Crippen LogP contribution in [0.5, 0.6) is 11.5 Å². The number of carbonyl (C=O) groups is 1. The first kappa shape index (κ1) is 11.9. The molecule has 0 fully saturated rings. The molecule has 0 spiro atoms. The second-order valence-electron chi connectivity index (χ2n) is 3.55. The standard InChI is InChI=1S/C13H12N2O3/c1-18-9-5-6-11(16)10(8-9)13(17)15-12-4-2-3-7-14-12/h2-8,16H,1H3,(H,14,15,17). The van der Waals surface area contributed by atoms with Crippen molar-refractivity contribution in [3.8, 4) is 11.5 Å². The lowest BCUT2D eigenvalue weighted by atomic mass is 10.1. The summed E-state index contributed by atoms with van der Waals surface area (Å²) in [5.74, 6) is 0.373. The van der Waals surface area contributed by atoms with Gasteiger partial charge in [0, 0.05) is 6.20 Å². The molecule has 1 heterocycles. The average molecular weight is 244 g/mol. The zero-order valence-corrected chi connectivity index (χ0v) is 9.75. The van der Waals surface area contributed by atoms with Gasteiger partial charge in [0.1, 0.15) is 17.3 Å². The third-order valence-electron chi connectivity index (χ3n) is 2.35. The number of aromatic nitrogens is 1. The lowest BCUT2D eigenvalue weighted by Crippen LogP contribution is -2.13. The number of nitrogens with one attached hydrogen (secondary N) is 1. The number of benzene rings is 1. The quantitative estimate of drug-likeness (QED) is 0.866. The van der Waals surface area contributed by atoms with Crippen LogP contribution < -0.4 is 10.1 Å². The van der Waals surface area contributed by atoms with E-state index in [0.717, 1.165) is 0 Å². The van der Waals surface area contributed by atoms with Crippen molar-refractivity contribution in [3.63, 3.8) is 0 Å². The lowest BCUT2D eigenvalue weighted by Gasteiger charge is -2.07. The summed E-state index contributed by atoms with van der Waals surface area (Å²) < 4.78 is 5.00. The number of anilines is 1. The Kier molecular flexibility index (Phi) is 3.43. The maximum Gasteiger partial charge on any atom is 0.260 e. The lowest BCUT2D eigenvalue weighted by molar-refractivity contribution is 0.102. The second-order valence-corrected chi connectivity index (χ2v) is 3.55. The molecule has 18 heavy (non-hydrogen) atoms. The Hall–Kier alpha value is -2.56. The predicted molar refractivity (Wildman–Crippen MR) is 66.8 cm³/mol. The number of carbonyl (C=O) groups excluding carboxylic acids is 1. The van der Waals surface area contributed by atoms with Gasteiger partial charge in [-0.3, -0.25) is 4.79 Å². The summed E-state index contributed by atoms with van der Waals surface area (Å²) in [6.45, 7) is 0. The number of pyridine rings is 1. The molecular weight excluding hydrogens is 232 g/mol. The van der Waals surface area contributed by atoms with Crippen LogP contribution in [0.3, 0.4) is 0 Å². The van der Waals surface area contributed by atoms with Gasteiger partial charge in [-0.15, -0.1) is 0 Å². The van der Waals surface area contributed by atoms with Crippen molar-refractivity contribution in [2.24, 2.45) is 0 Å². The smallest absolute Gasteiger partial charge is 0.260 e. The highest BCUT2D eigenvalue weighted by Gasteiger charge is 2.12. The molecular formula is C13H12N2O3. The van der Waals surface area contributed by atoms with E-state index in [4.69, 9.17) is 4.74 Å². The minimum absolute atomic E-state index is 0.107. The minimum Gasteiger partial charge on any atom is -0.507 e. The van der Waals surface area contributed by atoms with E-state index in [1.165, 1.54) is 19.2 Å². The van der Waals surface area contributed by atoms with Gasteiger partial charge < -0.3 is 15.2 Å². The van der Waals surface area contributed by atoms with Gasteiger partial charge in [-0.25, -0.2) is 4.98 Å². The summed E-state index contributed by atoms with van der Waals surface area (Å²) in [4.78, 5) is 15.9. The summed E-state index contributed by atoms with van der Waals surface area (Å²) in [7, 11) is 1.49. The number of methoxy groups -OCH3 is 1. The normalized spacial score (nSPS) is 9.83. The van der Waals surface area contributed by atoms with Gasteiger partial charge in [-0.05, 0) is 30.3 Å². The van der Waals surface area contributed by atoms with E-state index < -0.39 is 5.91 Å². The number of hydrogen-bond acceptors (Lipinski definition) is 4. The average Bonchev–Trinajstić information content (AvgIpc) is 2.40. The first-order chi connectivity index (χ1) is 8.70. The van der Waals surface area contributed by atoms with E-state index >= 15 is 0 Å². The van der Waals surface area contributed by atoms with Gasteiger partial charge in [-0.1, -0.05) is 6.07 Å². The zero-order valence-electron chi connectivity index (χ0n) is 9.75. The van der Waals surface area contributed by atoms with Crippen LogP contribution in [0, 0.1) is 0 Å². The highest BCUT2D eigenvalue weighted by Crippen LogP contribution is 2.23. The van der Waals surface area contributed by atoms with Gasteiger partial charge in [-0.2, -0.15) is 0 Å². The number of aromatic hydroxyl groups is 1. The third-order valence-corrected chi connectivity index (χ3v) is 2.35. The molecule has 1 aromatic carbocycles. The number of phenolic OH excluding ortho intramolecular Hbond substituents is 1. The van der Waals surface area contributed by atoms with Crippen LogP contribution in [-0.2, 0) is 0 Å². The van der Waals surface area contributed by atoms with E-state index in [1.54, 1.807) is 30.5 Å². The third kappa shape index (κ3) is 2.57. The van der Waals surface area contributed by atoms with Crippen LogP contribution >= 0.6 is 0 Å². The molecule has 0 saturated heterocycles. The molecule has 0 saturated carbocycles. The molecule has 2 N–H and O–H groups in total. The van der Waals surface area contributed by atoms with Crippen molar-refractivity contribution < 1.29 is 14.6 Å². The molecule has 0 aliphatic carbocycles. The molecule has 5 heteroatoms. The van der Waals surface area contributed by atoms with Crippen molar-refractivity contribution >= 4 is 11.7 Å². The molecule has 0 radical (unpaired) electrons. The molecule has 0 aliphatic heterocycles. The zero-order chi connectivity index (χ0) is 13.0. The number of hydrogen-bond donors (Lipinski definition) is 2. The predicted octanol–water partition coefficient (Wildman–Crippen LogP) is 2.05. The van der Waals surface area contributed by atoms with Crippen LogP contribution in [0.2, 0.25) is 0 Å². The molecule has 1 aromatic heterocycles. The number of amides is 1. The maximum atomic E-state index is 11.9. The summed E-state index contributed by atoms with van der Waals surface area (Å²) >= 11 is 0. The molecule has 0 atom stereocenters. The Morgan fingerprint density at radius 1 is 1.33 bits per heavy atom. The molecule has 2 rings (SSSR count). The van der Waals surface area contributed by atoms with Gasteiger partial charge in [0.05, 0.1) is 12.7 Å². The number of rotatable bonds is 3. The van der Waals surface area contributed by atoms with Crippen molar-refractivity contribution in [2.75, 3.05) is 12.4 Å². The minimum atomic E-state index is -0.440. The summed E-state index contributed by atoms with van der Waals surface area (Å²) in [6, 6.07) is 9.62. The Balaban J connectivity index is 2.23. The highest BCUT2D eigenvalue weighted by atomic mass is 16.5. The van der Waals surface area contributed by atoms with Crippen LogP contribution in [0.25, 0.3) is 0 Å². The Morgan fingerprint density at radius 3 is 2.83 bits per heavy atom. The fourth-order valence-corrected chi connectivity index (χ4v) is 1.44. The van der Waals surface area contributed by atoms with E-state index in [9.17, 15) is 9.90 Å². The van der Waals surface area contributed by atoms with Gasteiger partial charge >= 0.3 is 0 Å². The molecule has 92 valence electrons. The SMILES string of the molecule is COc1ccc(O)c(C(=O)Nc2ccccn2)c1. The van der Waals surface area contributed by atoms with Crippen LogP contribution in [0.1, 0.15) is 10.4 Å². The topological polar surface area (TPSA) is 71.5 Å². The van der Waals surface area contributed by atoms with E-state index in [0.29, 0.717) is 11.6 Å². The fourth-order valence-electron chi connectivity index (χ4n) is 1.44. The first-order valence-corrected chi connectivity index (χ1v) is 5.30. The molecule has 5 nitrogen and oxygen atoms in total.